The maximum atomic E-state index is 10.4. The van der Waals surface area contributed by atoms with Gasteiger partial charge >= 0.3 is 0 Å². The van der Waals surface area contributed by atoms with Crippen molar-refractivity contribution < 1.29 is 14.6 Å². The van der Waals surface area contributed by atoms with Crippen LogP contribution in [0.15, 0.2) is 24.4 Å². The minimum atomic E-state index is -0.717. The number of ether oxygens (including phenoxy) is 2. The number of nitrogens with one attached hydrogen (secondary N) is 1. The van der Waals surface area contributed by atoms with Crippen molar-refractivity contribution in [1.29, 1.82) is 0 Å². The first kappa shape index (κ1) is 16.0. The molecule has 0 aliphatic heterocycles. The fourth-order valence-electron chi connectivity index (χ4n) is 2.04. The van der Waals surface area contributed by atoms with Gasteiger partial charge in [0.1, 0.15) is 17.3 Å². The van der Waals surface area contributed by atoms with Crippen LogP contribution in [0.4, 0.5) is 5.82 Å². The van der Waals surface area contributed by atoms with Crippen LogP contribution in [0.2, 0.25) is 0 Å². The summed E-state index contributed by atoms with van der Waals surface area (Å²) in [5.41, 5.74) is 2.33. The molecule has 0 fully saturated rings. The van der Waals surface area contributed by atoms with Crippen molar-refractivity contribution in [2.45, 2.75) is 20.0 Å². The van der Waals surface area contributed by atoms with Crippen molar-refractivity contribution in [2.24, 2.45) is 0 Å². The molecule has 6 nitrogen and oxygen atoms in total. The number of aliphatic hydroxyl groups excluding tert-OH is 1. The minimum absolute atomic E-state index is 0.315. The highest BCUT2D eigenvalue weighted by Gasteiger charge is 2.12. The van der Waals surface area contributed by atoms with E-state index in [-0.39, 0.29) is 0 Å². The van der Waals surface area contributed by atoms with E-state index in [9.17, 15) is 5.11 Å². The Kier molecular flexibility index (Phi) is 5.16. The normalized spacial score (nSPS) is 11.9. The molecule has 0 aliphatic rings. The van der Waals surface area contributed by atoms with Crippen LogP contribution in [0.3, 0.4) is 0 Å². The van der Waals surface area contributed by atoms with Gasteiger partial charge in [0.05, 0.1) is 31.7 Å². The topological polar surface area (TPSA) is 76.5 Å². The molecule has 1 unspecified atom stereocenters. The van der Waals surface area contributed by atoms with Gasteiger partial charge < -0.3 is 19.9 Å². The molecule has 0 saturated carbocycles. The van der Waals surface area contributed by atoms with Gasteiger partial charge in [-0.3, -0.25) is 4.98 Å². The Labute approximate surface area is 130 Å². The zero-order chi connectivity index (χ0) is 16.1. The van der Waals surface area contributed by atoms with E-state index >= 15 is 0 Å². The van der Waals surface area contributed by atoms with Gasteiger partial charge in [-0.15, -0.1) is 0 Å². The quantitative estimate of drug-likeness (QED) is 0.852. The van der Waals surface area contributed by atoms with Crippen LogP contribution in [0.5, 0.6) is 11.5 Å². The standard InChI is InChI=1S/C16H21N3O3/c1-10-8-17-11(2)16(19-10)18-9-15(20)12-5-13(21-3)7-14(6-12)22-4/h5-8,15,20H,9H2,1-4H3,(H,18,19). The molecule has 2 rings (SSSR count). The summed E-state index contributed by atoms with van der Waals surface area (Å²) in [6, 6.07) is 5.33. The largest absolute Gasteiger partial charge is 0.497 e. The second-order valence-corrected chi connectivity index (χ2v) is 4.99. The van der Waals surface area contributed by atoms with Crippen molar-refractivity contribution >= 4 is 5.82 Å². The second kappa shape index (κ2) is 7.09. The Morgan fingerprint density at radius 3 is 2.36 bits per heavy atom. The number of hydrogen-bond acceptors (Lipinski definition) is 6. The highest BCUT2D eigenvalue weighted by Crippen LogP contribution is 2.26. The molecule has 1 aromatic carbocycles. The van der Waals surface area contributed by atoms with Gasteiger partial charge in [0, 0.05) is 18.8 Å². The molecule has 0 bridgehead atoms. The van der Waals surface area contributed by atoms with Crippen molar-refractivity contribution in [2.75, 3.05) is 26.1 Å². The van der Waals surface area contributed by atoms with E-state index in [4.69, 9.17) is 9.47 Å². The zero-order valence-electron chi connectivity index (χ0n) is 13.3. The molecule has 2 aromatic rings. The molecule has 1 aromatic heterocycles. The van der Waals surface area contributed by atoms with E-state index in [0.29, 0.717) is 29.4 Å². The number of aromatic nitrogens is 2. The first-order valence-electron chi connectivity index (χ1n) is 6.98. The van der Waals surface area contributed by atoms with E-state index in [1.165, 1.54) is 0 Å². The predicted octanol–water partition coefficient (Wildman–Crippen LogP) is 2.26. The molecule has 1 atom stereocenters. The summed E-state index contributed by atoms with van der Waals surface area (Å²) in [6.07, 6.45) is 0.995. The SMILES string of the molecule is COc1cc(OC)cc(C(O)CNc2nc(C)cnc2C)c1. The van der Waals surface area contributed by atoms with Gasteiger partial charge in [0.2, 0.25) is 0 Å². The molecule has 0 saturated heterocycles. The Balaban J connectivity index is 2.11. The molecular weight excluding hydrogens is 282 g/mol. The molecule has 1 heterocycles. The Morgan fingerprint density at radius 2 is 1.77 bits per heavy atom. The lowest BCUT2D eigenvalue weighted by atomic mass is 10.1. The van der Waals surface area contributed by atoms with Gasteiger partial charge in [-0.05, 0) is 31.5 Å². The van der Waals surface area contributed by atoms with E-state index in [0.717, 1.165) is 11.4 Å². The van der Waals surface area contributed by atoms with Gasteiger partial charge in [0.15, 0.2) is 0 Å². The average molecular weight is 303 g/mol. The molecule has 0 amide bonds. The van der Waals surface area contributed by atoms with Gasteiger partial charge in [0.25, 0.3) is 0 Å². The maximum Gasteiger partial charge on any atom is 0.147 e. The van der Waals surface area contributed by atoms with E-state index in [1.54, 1.807) is 38.6 Å². The van der Waals surface area contributed by atoms with Crippen molar-refractivity contribution in [3.63, 3.8) is 0 Å². The fraction of sp³-hybridized carbons (Fsp3) is 0.375. The molecule has 0 spiro atoms. The first-order chi connectivity index (χ1) is 10.5. The lowest BCUT2D eigenvalue weighted by Crippen LogP contribution is -2.14. The molecule has 2 N–H and O–H groups in total. The van der Waals surface area contributed by atoms with Crippen LogP contribution in [-0.4, -0.2) is 35.8 Å². The summed E-state index contributed by atoms with van der Waals surface area (Å²) in [7, 11) is 3.16. The highest BCUT2D eigenvalue weighted by molar-refractivity contribution is 5.42. The smallest absolute Gasteiger partial charge is 0.147 e. The summed E-state index contributed by atoms with van der Waals surface area (Å²) < 4.78 is 10.4. The molecule has 22 heavy (non-hydrogen) atoms. The van der Waals surface area contributed by atoms with Gasteiger partial charge in [-0.25, -0.2) is 4.98 Å². The number of benzene rings is 1. The third-order valence-electron chi connectivity index (χ3n) is 3.30. The monoisotopic (exact) mass is 303 g/mol. The maximum absolute atomic E-state index is 10.4. The number of rotatable bonds is 6. The fourth-order valence-corrected chi connectivity index (χ4v) is 2.04. The third kappa shape index (κ3) is 3.85. The highest BCUT2D eigenvalue weighted by atomic mass is 16.5. The van der Waals surface area contributed by atoms with Crippen molar-refractivity contribution in [3.05, 3.63) is 41.3 Å². The summed E-state index contributed by atoms with van der Waals surface area (Å²) >= 11 is 0. The van der Waals surface area contributed by atoms with Crippen LogP contribution in [0.25, 0.3) is 0 Å². The second-order valence-electron chi connectivity index (χ2n) is 4.99. The van der Waals surface area contributed by atoms with Crippen LogP contribution in [0, 0.1) is 13.8 Å². The van der Waals surface area contributed by atoms with Crippen LogP contribution in [0.1, 0.15) is 23.1 Å². The van der Waals surface area contributed by atoms with E-state index < -0.39 is 6.10 Å². The Morgan fingerprint density at radius 1 is 1.14 bits per heavy atom. The van der Waals surface area contributed by atoms with Crippen LogP contribution in [-0.2, 0) is 0 Å². The average Bonchev–Trinajstić information content (AvgIpc) is 2.54. The van der Waals surface area contributed by atoms with E-state index in [1.807, 2.05) is 13.8 Å². The number of nitrogens with zero attached hydrogens (tertiary/aromatic N) is 2. The number of anilines is 1. The number of methoxy groups -OCH3 is 2. The number of hydrogen-bond donors (Lipinski definition) is 2. The number of aliphatic hydroxyl groups is 1. The first-order valence-corrected chi connectivity index (χ1v) is 6.98. The minimum Gasteiger partial charge on any atom is -0.497 e. The molecular formula is C16H21N3O3. The molecule has 118 valence electrons. The zero-order valence-corrected chi connectivity index (χ0v) is 13.3. The van der Waals surface area contributed by atoms with Crippen molar-refractivity contribution in [1.82, 2.24) is 9.97 Å². The molecule has 6 heteroatoms. The van der Waals surface area contributed by atoms with Crippen LogP contribution < -0.4 is 14.8 Å². The molecule has 0 aliphatic carbocycles. The summed E-state index contributed by atoms with van der Waals surface area (Å²) in [5, 5.41) is 13.5. The van der Waals surface area contributed by atoms with Crippen LogP contribution >= 0.6 is 0 Å². The third-order valence-corrected chi connectivity index (χ3v) is 3.30. The summed E-state index contributed by atoms with van der Waals surface area (Å²) in [4.78, 5) is 8.61. The van der Waals surface area contributed by atoms with Crippen molar-refractivity contribution in [3.8, 4) is 11.5 Å². The Bertz CT molecular complexity index is 624. The van der Waals surface area contributed by atoms with E-state index in [2.05, 4.69) is 15.3 Å². The predicted molar refractivity (Wildman–Crippen MR) is 84.5 cm³/mol. The lowest BCUT2D eigenvalue weighted by Gasteiger charge is -2.16. The lowest BCUT2D eigenvalue weighted by molar-refractivity contribution is 0.190. The summed E-state index contributed by atoms with van der Waals surface area (Å²) in [5.74, 6) is 1.95. The number of aryl methyl sites for hydroxylation is 2. The Hall–Kier alpha value is -2.34. The van der Waals surface area contributed by atoms with Gasteiger partial charge in [-0.2, -0.15) is 0 Å². The summed E-state index contributed by atoms with van der Waals surface area (Å²) in [6.45, 7) is 4.06. The van der Waals surface area contributed by atoms with Gasteiger partial charge in [-0.1, -0.05) is 0 Å². The molecule has 0 radical (unpaired) electrons.